The first kappa shape index (κ1) is 15.1. The highest BCUT2D eigenvalue weighted by Gasteiger charge is 2.14. The third-order valence-corrected chi connectivity index (χ3v) is 4.38. The quantitative estimate of drug-likeness (QED) is 0.907. The minimum absolute atomic E-state index is 0.787. The van der Waals surface area contributed by atoms with E-state index in [2.05, 4.69) is 43.7 Å². The molecule has 4 rings (SSSR count). The number of anilines is 3. The van der Waals surface area contributed by atoms with Crippen LogP contribution in [0.5, 0.6) is 0 Å². The molecular formula is C18H22N6. The molecule has 1 fully saturated rings. The van der Waals surface area contributed by atoms with Gasteiger partial charge in [-0.3, -0.25) is 4.99 Å². The average molecular weight is 322 g/mol. The SMILES string of the molecule is Cc1cc(Nc2ccc3c(c2)C=NC3)nc(N2CCCNCC2)n1. The molecule has 0 amide bonds. The summed E-state index contributed by atoms with van der Waals surface area (Å²) in [7, 11) is 0. The van der Waals surface area contributed by atoms with Crippen molar-refractivity contribution in [2.24, 2.45) is 4.99 Å². The molecule has 3 heterocycles. The van der Waals surface area contributed by atoms with Gasteiger partial charge >= 0.3 is 0 Å². The number of aryl methyl sites for hydroxylation is 1. The highest BCUT2D eigenvalue weighted by molar-refractivity contribution is 5.86. The number of fused-ring (bicyclic) bond motifs is 1. The van der Waals surface area contributed by atoms with E-state index >= 15 is 0 Å². The second kappa shape index (κ2) is 6.57. The molecule has 2 aliphatic rings. The smallest absolute Gasteiger partial charge is 0.227 e. The van der Waals surface area contributed by atoms with Gasteiger partial charge in [0.2, 0.25) is 5.95 Å². The van der Waals surface area contributed by atoms with Crippen LogP contribution in [0.25, 0.3) is 0 Å². The molecule has 6 heteroatoms. The van der Waals surface area contributed by atoms with Gasteiger partial charge in [-0.05, 0) is 43.1 Å². The third-order valence-electron chi connectivity index (χ3n) is 4.38. The maximum Gasteiger partial charge on any atom is 0.227 e. The lowest BCUT2D eigenvalue weighted by atomic mass is 10.1. The van der Waals surface area contributed by atoms with Gasteiger partial charge < -0.3 is 15.5 Å². The molecule has 1 aromatic heterocycles. The lowest BCUT2D eigenvalue weighted by Crippen LogP contribution is -2.29. The Labute approximate surface area is 142 Å². The van der Waals surface area contributed by atoms with Crippen LogP contribution in [0.3, 0.4) is 0 Å². The summed E-state index contributed by atoms with van der Waals surface area (Å²) in [4.78, 5) is 15.9. The molecule has 0 saturated carbocycles. The Morgan fingerprint density at radius 3 is 3.04 bits per heavy atom. The molecule has 0 unspecified atom stereocenters. The van der Waals surface area contributed by atoms with Crippen molar-refractivity contribution >= 4 is 23.7 Å². The number of nitrogens with zero attached hydrogens (tertiary/aromatic N) is 4. The topological polar surface area (TPSA) is 65.4 Å². The van der Waals surface area contributed by atoms with Crippen LogP contribution in [0, 0.1) is 6.92 Å². The fourth-order valence-electron chi connectivity index (χ4n) is 3.13. The molecule has 6 nitrogen and oxygen atoms in total. The van der Waals surface area contributed by atoms with E-state index in [0.717, 1.165) is 62.3 Å². The lowest BCUT2D eigenvalue weighted by molar-refractivity contribution is 0.724. The second-order valence-corrected chi connectivity index (χ2v) is 6.29. The molecule has 0 bridgehead atoms. The third kappa shape index (κ3) is 3.23. The molecule has 0 atom stereocenters. The maximum atomic E-state index is 4.73. The lowest BCUT2D eigenvalue weighted by Gasteiger charge is -2.21. The van der Waals surface area contributed by atoms with Gasteiger partial charge in [0, 0.05) is 43.3 Å². The molecule has 124 valence electrons. The van der Waals surface area contributed by atoms with Crippen molar-refractivity contribution in [1.29, 1.82) is 0 Å². The van der Waals surface area contributed by atoms with Crippen molar-refractivity contribution in [2.45, 2.75) is 19.9 Å². The molecule has 1 saturated heterocycles. The minimum Gasteiger partial charge on any atom is -0.340 e. The van der Waals surface area contributed by atoms with E-state index in [-0.39, 0.29) is 0 Å². The van der Waals surface area contributed by atoms with E-state index in [1.807, 2.05) is 19.2 Å². The van der Waals surface area contributed by atoms with Crippen LogP contribution in [-0.2, 0) is 6.54 Å². The summed E-state index contributed by atoms with van der Waals surface area (Å²) in [5, 5.41) is 6.83. The van der Waals surface area contributed by atoms with Gasteiger partial charge in [0.1, 0.15) is 5.82 Å². The van der Waals surface area contributed by atoms with Crippen LogP contribution in [0.15, 0.2) is 29.3 Å². The summed E-state index contributed by atoms with van der Waals surface area (Å²) in [5.41, 5.74) is 4.47. The van der Waals surface area contributed by atoms with Crippen LogP contribution >= 0.6 is 0 Å². The first-order valence-electron chi connectivity index (χ1n) is 8.49. The van der Waals surface area contributed by atoms with Gasteiger partial charge in [-0.2, -0.15) is 4.98 Å². The summed E-state index contributed by atoms with van der Waals surface area (Å²) < 4.78 is 0. The second-order valence-electron chi connectivity index (χ2n) is 6.29. The molecule has 24 heavy (non-hydrogen) atoms. The van der Waals surface area contributed by atoms with E-state index in [4.69, 9.17) is 4.98 Å². The normalized spacial score (nSPS) is 16.8. The number of nitrogens with one attached hydrogen (secondary N) is 2. The first-order valence-corrected chi connectivity index (χ1v) is 8.49. The van der Waals surface area contributed by atoms with Crippen molar-refractivity contribution in [2.75, 3.05) is 36.4 Å². The Balaban J connectivity index is 1.57. The summed E-state index contributed by atoms with van der Waals surface area (Å²) in [5.74, 6) is 1.65. The maximum absolute atomic E-state index is 4.73. The monoisotopic (exact) mass is 322 g/mol. The predicted molar refractivity (Wildman–Crippen MR) is 97.5 cm³/mol. The summed E-state index contributed by atoms with van der Waals surface area (Å²) in [6, 6.07) is 8.32. The molecule has 0 aliphatic carbocycles. The van der Waals surface area contributed by atoms with Gasteiger partial charge in [-0.1, -0.05) is 6.07 Å². The van der Waals surface area contributed by atoms with Crippen molar-refractivity contribution in [3.8, 4) is 0 Å². The van der Waals surface area contributed by atoms with E-state index in [0.29, 0.717) is 0 Å². The molecule has 0 radical (unpaired) electrons. The largest absolute Gasteiger partial charge is 0.340 e. The highest BCUT2D eigenvalue weighted by atomic mass is 15.3. The molecule has 2 aromatic rings. The van der Waals surface area contributed by atoms with Gasteiger partial charge in [0.15, 0.2) is 0 Å². The minimum atomic E-state index is 0.787. The number of aromatic nitrogens is 2. The van der Waals surface area contributed by atoms with E-state index < -0.39 is 0 Å². The van der Waals surface area contributed by atoms with Crippen molar-refractivity contribution < 1.29 is 0 Å². The van der Waals surface area contributed by atoms with Crippen LogP contribution in [0.1, 0.15) is 23.2 Å². The molecule has 2 aliphatic heterocycles. The molecule has 2 N–H and O–H groups in total. The standard InChI is InChI=1S/C18H22N6/c1-13-9-17(22-16-4-3-14-11-20-12-15(14)10-16)23-18(21-13)24-7-2-5-19-6-8-24/h3-4,9-10,12,19H,2,5-8,11H2,1H3,(H,21,22,23). The highest BCUT2D eigenvalue weighted by Crippen LogP contribution is 2.23. The van der Waals surface area contributed by atoms with Crippen molar-refractivity contribution in [3.63, 3.8) is 0 Å². The number of hydrogen-bond acceptors (Lipinski definition) is 6. The van der Waals surface area contributed by atoms with Gasteiger partial charge in [-0.25, -0.2) is 4.98 Å². The zero-order valence-corrected chi connectivity index (χ0v) is 13.9. The zero-order valence-electron chi connectivity index (χ0n) is 13.9. The number of rotatable bonds is 3. The Bertz CT molecular complexity index is 762. The average Bonchev–Trinajstić information content (AvgIpc) is 2.86. The van der Waals surface area contributed by atoms with Crippen LogP contribution in [-0.4, -0.2) is 42.4 Å². The number of hydrogen-bond donors (Lipinski definition) is 2. The number of aliphatic imine (C=N–C) groups is 1. The summed E-state index contributed by atoms with van der Waals surface area (Å²) in [6.45, 7) is 6.77. The predicted octanol–water partition coefficient (Wildman–Crippen LogP) is 2.26. The fourth-order valence-corrected chi connectivity index (χ4v) is 3.13. The van der Waals surface area contributed by atoms with E-state index in [1.54, 1.807) is 0 Å². The van der Waals surface area contributed by atoms with Crippen molar-refractivity contribution in [3.05, 3.63) is 41.1 Å². The zero-order chi connectivity index (χ0) is 16.4. The Morgan fingerprint density at radius 2 is 2.08 bits per heavy atom. The summed E-state index contributed by atoms with van der Waals surface area (Å²) in [6.07, 6.45) is 3.05. The fraction of sp³-hybridized carbons (Fsp3) is 0.389. The van der Waals surface area contributed by atoms with Gasteiger partial charge in [0.25, 0.3) is 0 Å². The Kier molecular flexibility index (Phi) is 4.13. The summed E-state index contributed by atoms with van der Waals surface area (Å²) >= 11 is 0. The number of benzene rings is 1. The van der Waals surface area contributed by atoms with Gasteiger partial charge in [0.05, 0.1) is 6.54 Å². The van der Waals surface area contributed by atoms with E-state index in [1.165, 1.54) is 11.1 Å². The van der Waals surface area contributed by atoms with Gasteiger partial charge in [-0.15, -0.1) is 0 Å². The van der Waals surface area contributed by atoms with Crippen LogP contribution in [0.4, 0.5) is 17.5 Å². The molecular weight excluding hydrogens is 300 g/mol. The first-order chi connectivity index (χ1) is 11.8. The Morgan fingerprint density at radius 1 is 1.12 bits per heavy atom. The Hall–Kier alpha value is -2.47. The van der Waals surface area contributed by atoms with Crippen LogP contribution < -0.4 is 15.5 Å². The molecule has 0 spiro atoms. The van der Waals surface area contributed by atoms with Crippen molar-refractivity contribution in [1.82, 2.24) is 15.3 Å². The van der Waals surface area contributed by atoms with E-state index in [9.17, 15) is 0 Å². The van der Waals surface area contributed by atoms with Crippen LogP contribution in [0.2, 0.25) is 0 Å². The molecule has 1 aromatic carbocycles.